The number of pyridine rings is 2. The van der Waals surface area contributed by atoms with Gasteiger partial charge >= 0.3 is 12.3 Å². The number of hydrogen-bond acceptors (Lipinski definition) is 2. The number of hydrogen-bond donors (Lipinski definition) is 0. The predicted octanol–water partition coefficient (Wildman–Crippen LogP) is 2.28. The fourth-order valence-corrected chi connectivity index (χ4v) is 1.67. The Kier molecular flexibility index (Phi) is 4.57. The Labute approximate surface area is 118 Å². The van der Waals surface area contributed by atoms with E-state index in [0.29, 0.717) is 11.7 Å². The second-order valence-corrected chi connectivity index (χ2v) is 4.31. The van der Waals surface area contributed by atoms with Crippen LogP contribution in [0, 0.1) is 0 Å². The SMILES string of the molecule is O=C(/N=c1\ccccn1Cc1ccc(Cl)nc1)C(F)F. The van der Waals surface area contributed by atoms with Crippen LogP contribution in [0.4, 0.5) is 8.78 Å². The molecule has 2 heterocycles. The first-order valence-corrected chi connectivity index (χ1v) is 6.06. The van der Waals surface area contributed by atoms with Crippen LogP contribution in [0.2, 0.25) is 5.15 Å². The molecule has 0 aliphatic heterocycles. The van der Waals surface area contributed by atoms with Crippen LogP contribution >= 0.6 is 11.6 Å². The summed E-state index contributed by atoms with van der Waals surface area (Å²) < 4.78 is 26.1. The van der Waals surface area contributed by atoms with Crippen LogP contribution in [0.3, 0.4) is 0 Å². The molecule has 0 N–H and O–H groups in total. The van der Waals surface area contributed by atoms with Gasteiger partial charge in [-0.2, -0.15) is 13.8 Å². The summed E-state index contributed by atoms with van der Waals surface area (Å²) in [5.41, 5.74) is 0.972. The Morgan fingerprint density at radius 3 is 2.80 bits per heavy atom. The highest BCUT2D eigenvalue weighted by molar-refractivity contribution is 6.29. The van der Waals surface area contributed by atoms with Gasteiger partial charge in [-0.3, -0.25) is 4.79 Å². The number of aromatic nitrogens is 2. The first-order chi connectivity index (χ1) is 9.56. The number of carbonyl (C=O) groups excluding carboxylic acids is 1. The standard InChI is InChI=1S/C13H10ClF2N3O/c14-10-5-4-9(7-17-10)8-19-6-2-1-3-11(19)18-13(20)12(15)16/h1-7,12H,8H2/b18-11+. The van der Waals surface area contributed by atoms with Crippen LogP contribution in [-0.2, 0) is 11.3 Å². The van der Waals surface area contributed by atoms with Gasteiger partial charge in [0.2, 0.25) is 0 Å². The molecule has 104 valence electrons. The van der Waals surface area contributed by atoms with Crippen molar-refractivity contribution in [2.75, 3.05) is 0 Å². The first-order valence-electron chi connectivity index (χ1n) is 5.69. The van der Waals surface area contributed by atoms with E-state index >= 15 is 0 Å². The molecule has 0 unspecified atom stereocenters. The van der Waals surface area contributed by atoms with E-state index in [9.17, 15) is 13.6 Å². The van der Waals surface area contributed by atoms with E-state index in [1.54, 1.807) is 41.2 Å². The summed E-state index contributed by atoms with van der Waals surface area (Å²) in [7, 11) is 0. The van der Waals surface area contributed by atoms with Gasteiger partial charge < -0.3 is 4.57 Å². The molecule has 2 aromatic heterocycles. The molecule has 0 bridgehead atoms. The Hall–Kier alpha value is -2.08. The fourth-order valence-electron chi connectivity index (χ4n) is 1.56. The maximum absolute atomic E-state index is 12.2. The molecule has 0 saturated carbocycles. The van der Waals surface area contributed by atoms with E-state index in [1.807, 2.05) is 0 Å². The van der Waals surface area contributed by atoms with Gasteiger partial charge in [-0.25, -0.2) is 4.98 Å². The molecule has 7 heteroatoms. The summed E-state index contributed by atoms with van der Waals surface area (Å²) in [6.45, 7) is 0.348. The van der Waals surface area contributed by atoms with Gasteiger partial charge in [0.1, 0.15) is 10.6 Å². The van der Waals surface area contributed by atoms with Crippen LogP contribution in [0.15, 0.2) is 47.7 Å². The van der Waals surface area contributed by atoms with E-state index in [0.717, 1.165) is 5.56 Å². The van der Waals surface area contributed by atoms with Gasteiger partial charge in [-0.15, -0.1) is 0 Å². The van der Waals surface area contributed by atoms with Gasteiger partial charge in [-0.05, 0) is 23.8 Å². The highest BCUT2D eigenvalue weighted by Crippen LogP contribution is 2.06. The highest BCUT2D eigenvalue weighted by Gasteiger charge is 2.13. The second-order valence-electron chi connectivity index (χ2n) is 3.93. The zero-order valence-electron chi connectivity index (χ0n) is 10.2. The lowest BCUT2D eigenvalue weighted by molar-refractivity contribution is -0.128. The Bertz CT molecular complexity index is 668. The quantitative estimate of drug-likeness (QED) is 0.816. The molecule has 0 radical (unpaired) electrons. The van der Waals surface area contributed by atoms with Crippen molar-refractivity contribution in [3.05, 3.63) is 58.9 Å². The first kappa shape index (κ1) is 14.3. The van der Waals surface area contributed by atoms with Gasteiger partial charge in [0.25, 0.3) is 0 Å². The third kappa shape index (κ3) is 3.71. The third-order valence-electron chi connectivity index (χ3n) is 2.47. The Balaban J connectivity index is 2.33. The molecule has 2 rings (SSSR count). The highest BCUT2D eigenvalue weighted by atomic mass is 35.5. The second kappa shape index (κ2) is 6.38. The maximum Gasteiger partial charge on any atom is 0.317 e. The summed E-state index contributed by atoms with van der Waals surface area (Å²) in [6.07, 6.45) is 0.105. The van der Waals surface area contributed by atoms with Crippen molar-refractivity contribution in [2.45, 2.75) is 13.0 Å². The smallest absolute Gasteiger partial charge is 0.317 e. The lowest BCUT2D eigenvalue weighted by Gasteiger charge is -2.07. The topological polar surface area (TPSA) is 47.2 Å². The summed E-state index contributed by atoms with van der Waals surface area (Å²) >= 11 is 5.69. The molecule has 0 saturated heterocycles. The largest absolute Gasteiger partial charge is 0.328 e. The van der Waals surface area contributed by atoms with Crippen LogP contribution < -0.4 is 5.49 Å². The number of alkyl halides is 2. The van der Waals surface area contributed by atoms with Crippen LogP contribution in [0.5, 0.6) is 0 Å². The molecular formula is C13H10ClF2N3O. The molecule has 0 atom stereocenters. The van der Waals surface area contributed by atoms with Crippen molar-refractivity contribution >= 4 is 17.5 Å². The van der Waals surface area contributed by atoms with Gasteiger partial charge in [0.15, 0.2) is 0 Å². The summed E-state index contributed by atoms with van der Waals surface area (Å²) in [5.74, 6) is -1.46. The lowest BCUT2D eigenvalue weighted by atomic mass is 10.3. The minimum absolute atomic E-state index is 0.160. The van der Waals surface area contributed by atoms with Crippen molar-refractivity contribution in [2.24, 2.45) is 4.99 Å². The van der Waals surface area contributed by atoms with Gasteiger partial charge in [0.05, 0.1) is 6.54 Å². The zero-order valence-corrected chi connectivity index (χ0v) is 11.0. The summed E-state index contributed by atoms with van der Waals surface area (Å²) in [6, 6.07) is 8.21. The molecule has 1 amide bonds. The van der Waals surface area contributed by atoms with E-state index in [-0.39, 0.29) is 5.49 Å². The van der Waals surface area contributed by atoms with E-state index in [2.05, 4.69) is 9.98 Å². The molecule has 0 spiro atoms. The number of carbonyl (C=O) groups is 1. The molecule has 0 aliphatic rings. The van der Waals surface area contributed by atoms with Crippen molar-refractivity contribution in [3.63, 3.8) is 0 Å². The molecule has 4 nitrogen and oxygen atoms in total. The third-order valence-corrected chi connectivity index (χ3v) is 2.69. The lowest BCUT2D eigenvalue weighted by Crippen LogP contribution is -2.23. The normalized spacial score (nSPS) is 11.9. The Morgan fingerprint density at radius 2 is 2.15 bits per heavy atom. The summed E-state index contributed by atoms with van der Waals surface area (Å²) in [4.78, 5) is 18.3. The van der Waals surface area contributed by atoms with Crippen molar-refractivity contribution in [3.8, 4) is 0 Å². The average Bonchev–Trinajstić information content (AvgIpc) is 2.43. The molecule has 2 aromatic rings. The van der Waals surface area contributed by atoms with Crippen LogP contribution in [-0.4, -0.2) is 21.9 Å². The molecule has 20 heavy (non-hydrogen) atoms. The predicted molar refractivity (Wildman–Crippen MR) is 69.4 cm³/mol. The molecule has 0 aromatic carbocycles. The summed E-state index contributed by atoms with van der Waals surface area (Å²) in [5, 5.41) is 0.365. The number of nitrogens with zero attached hydrogens (tertiary/aromatic N) is 3. The average molecular weight is 298 g/mol. The van der Waals surface area contributed by atoms with Crippen LogP contribution in [0.25, 0.3) is 0 Å². The van der Waals surface area contributed by atoms with E-state index < -0.39 is 12.3 Å². The molecule has 0 aliphatic carbocycles. The van der Waals surface area contributed by atoms with Crippen molar-refractivity contribution in [1.29, 1.82) is 0 Å². The zero-order chi connectivity index (χ0) is 14.5. The minimum atomic E-state index is -3.11. The van der Waals surface area contributed by atoms with Gasteiger partial charge in [-0.1, -0.05) is 23.7 Å². The van der Waals surface area contributed by atoms with Crippen molar-refractivity contribution in [1.82, 2.24) is 9.55 Å². The monoisotopic (exact) mass is 297 g/mol. The number of rotatable bonds is 3. The van der Waals surface area contributed by atoms with E-state index in [1.165, 1.54) is 6.07 Å². The molecule has 0 fully saturated rings. The van der Waals surface area contributed by atoms with Crippen molar-refractivity contribution < 1.29 is 13.6 Å². The Morgan fingerprint density at radius 1 is 1.35 bits per heavy atom. The van der Waals surface area contributed by atoms with Crippen LogP contribution in [0.1, 0.15) is 5.56 Å². The number of amides is 1. The van der Waals surface area contributed by atoms with Gasteiger partial charge in [0, 0.05) is 12.4 Å². The number of halogens is 3. The maximum atomic E-state index is 12.2. The minimum Gasteiger partial charge on any atom is -0.328 e. The van der Waals surface area contributed by atoms with E-state index in [4.69, 9.17) is 11.6 Å². The fraction of sp³-hybridized carbons (Fsp3) is 0.154. The molecular weight excluding hydrogens is 288 g/mol.